The Morgan fingerprint density at radius 1 is 1.16 bits per heavy atom. The smallest absolute Gasteiger partial charge is 0.134 e. The molecule has 19 heavy (non-hydrogen) atoms. The van der Waals surface area contributed by atoms with Gasteiger partial charge in [0, 0.05) is 24.9 Å². The van der Waals surface area contributed by atoms with Crippen LogP contribution in [-0.2, 0) is 12.8 Å². The van der Waals surface area contributed by atoms with Crippen molar-refractivity contribution in [1.82, 2.24) is 4.98 Å². The van der Waals surface area contributed by atoms with Gasteiger partial charge in [0.25, 0.3) is 0 Å². The van der Waals surface area contributed by atoms with E-state index in [4.69, 9.17) is 14.5 Å². The van der Waals surface area contributed by atoms with Gasteiger partial charge in [-0.1, -0.05) is 0 Å². The summed E-state index contributed by atoms with van der Waals surface area (Å²) in [6, 6.07) is 3.88. The van der Waals surface area contributed by atoms with Crippen LogP contribution in [-0.4, -0.2) is 26.3 Å². The van der Waals surface area contributed by atoms with Crippen molar-refractivity contribution in [3.05, 3.63) is 23.4 Å². The summed E-state index contributed by atoms with van der Waals surface area (Å²) in [7, 11) is 5.30. The molecule has 0 aliphatic heterocycles. The van der Waals surface area contributed by atoms with E-state index in [1.54, 1.807) is 14.2 Å². The normalized spacial score (nSPS) is 13.4. The predicted octanol–water partition coefficient (Wildman–Crippen LogP) is 2.78. The summed E-state index contributed by atoms with van der Waals surface area (Å²) in [5.74, 6) is 1.58. The van der Waals surface area contributed by atoms with E-state index in [-0.39, 0.29) is 0 Å². The number of ether oxygens (including phenoxy) is 2. The lowest BCUT2D eigenvalue weighted by molar-refractivity contribution is 0.398. The van der Waals surface area contributed by atoms with E-state index < -0.39 is 0 Å². The molecule has 3 rings (SSSR count). The first-order valence-electron chi connectivity index (χ1n) is 6.53. The maximum atomic E-state index is 5.51. The van der Waals surface area contributed by atoms with Crippen molar-refractivity contribution in [1.29, 1.82) is 0 Å². The number of aryl methyl sites for hydroxylation is 1. The number of hydrogen-bond donors (Lipinski definition) is 1. The van der Waals surface area contributed by atoms with E-state index in [9.17, 15) is 0 Å². The highest BCUT2D eigenvalue weighted by molar-refractivity contribution is 5.99. The fourth-order valence-electron chi connectivity index (χ4n) is 2.89. The molecule has 0 unspecified atom stereocenters. The summed E-state index contributed by atoms with van der Waals surface area (Å²) < 4.78 is 10.8. The van der Waals surface area contributed by atoms with Crippen molar-refractivity contribution in [3.63, 3.8) is 0 Å². The van der Waals surface area contributed by atoms with Crippen molar-refractivity contribution in [3.8, 4) is 11.5 Å². The molecule has 0 spiro atoms. The number of benzene rings is 1. The molecule has 4 nitrogen and oxygen atoms in total. The van der Waals surface area contributed by atoms with Gasteiger partial charge in [-0.25, -0.2) is 0 Å². The molecule has 0 saturated carbocycles. The van der Waals surface area contributed by atoms with Crippen LogP contribution in [0.25, 0.3) is 10.9 Å². The maximum absolute atomic E-state index is 5.51. The number of anilines is 1. The van der Waals surface area contributed by atoms with Gasteiger partial charge < -0.3 is 14.8 Å². The second-order valence-electron chi connectivity index (χ2n) is 4.74. The van der Waals surface area contributed by atoms with Crippen LogP contribution in [0.3, 0.4) is 0 Å². The van der Waals surface area contributed by atoms with Gasteiger partial charge in [0.05, 0.1) is 30.8 Å². The lowest BCUT2D eigenvalue weighted by Crippen LogP contribution is -2.01. The van der Waals surface area contributed by atoms with Crippen LogP contribution in [0.2, 0.25) is 0 Å². The second-order valence-corrected chi connectivity index (χ2v) is 4.74. The lowest BCUT2D eigenvalue weighted by atomic mass is 10.1. The third kappa shape index (κ3) is 1.79. The molecule has 1 heterocycles. The molecule has 100 valence electrons. The van der Waals surface area contributed by atoms with Crippen LogP contribution in [0.4, 0.5) is 5.69 Å². The fourth-order valence-corrected chi connectivity index (χ4v) is 2.89. The van der Waals surface area contributed by atoms with Gasteiger partial charge in [-0.15, -0.1) is 0 Å². The molecule has 0 amide bonds. The van der Waals surface area contributed by atoms with Crippen LogP contribution >= 0.6 is 0 Å². The number of rotatable bonds is 3. The number of methoxy groups -OCH3 is 2. The van der Waals surface area contributed by atoms with Crippen molar-refractivity contribution in [2.75, 3.05) is 26.6 Å². The largest absolute Gasteiger partial charge is 0.497 e. The third-order valence-corrected chi connectivity index (χ3v) is 3.76. The van der Waals surface area contributed by atoms with Gasteiger partial charge in [0.1, 0.15) is 11.5 Å². The van der Waals surface area contributed by atoms with E-state index in [2.05, 4.69) is 5.32 Å². The molecule has 1 aromatic heterocycles. The van der Waals surface area contributed by atoms with Crippen molar-refractivity contribution < 1.29 is 9.47 Å². The van der Waals surface area contributed by atoms with Crippen molar-refractivity contribution in [2.45, 2.75) is 19.3 Å². The Balaban J connectivity index is 2.39. The number of pyridine rings is 1. The summed E-state index contributed by atoms with van der Waals surface area (Å²) in [5, 5.41) is 4.37. The Morgan fingerprint density at radius 2 is 2.00 bits per heavy atom. The van der Waals surface area contributed by atoms with E-state index in [0.29, 0.717) is 0 Å². The molecule has 4 heteroatoms. The number of fused-ring (bicyclic) bond motifs is 2. The first-order valence-corrected chi connectivity index (χ1v) is 6.53. The Kier molecular flexibility index (Phi) is 2.93. The average Bonchev–Trinajstić information content (AvgIpc) is 2.91. The molecule has 0 saturated heterocycles. The van der Waals surface area contributed by atoms with Gasteiger partial charge in [0.2, 0.25) is 0 Å². The quantitative estimate of drug-likeness (QED) is 0.919. The summed E-state index contributed by atoms with van der Waals surface area (Å²) in [6.07, 6.45) is 3.32. The number of hydrogen-bond acceptors (Lipinski definition) is 4. The maximum Gasteiger partial charge on any atom is 0.134 e. The third-order valence-electron chi connectivity index (χ3n) is 3.76. The highest BCUT2D eigenvalue weighted by atomic mass is 16.5. The zero-order valence-corrected chi connectivity index (χ0v) is 11.5. The molecule has 0 radical (unpaired) electrons. The summed E-state index contributed by atoms with van der Waals surface area (Å²) >= 11 is 0. The monoisotopic (exact) mass is 258 g/mol. The molecular formula is C15H18N2O2. The SMILES string of the molecule is CNc1c2c(nc3cc(OC)cc(OC)c13)CCC2. The molecule has 0 bridgehead atoms. The molecule has 0 atom stereocenters. The highest BCUT2D eigenvalue weighted by Gasteiger charge is 2.21. The Hall–Kier alpha value is -1.97. The minimum Gasteiger partial charge on any atom is -0.497 e. The topological polar surface area (TPSA) is 43.4 Å². The lowest BCUT2D eigenvalue weighted by Gasteiger charge is -2.15. The molecule has 2 aromatic rings. The standard InChI is InChI=1S/C15H18N2O2/c1-16-15-10-5-4-6-11(10)17-12-7-9(18-2)8-13(19-3)14(12)15/h7-8H,4-6H2,1-3H3,(H,16,17). The Morgan fingerprint density at radius 3 is 2.68 bits per heavy atom. The van der Waals surface area contributed by atoms with Crippen molar-refractivity contribution in [2.24, 2.45) is 0 Å². The van der Waals surface area contributed by atoms with Crippen LogP contribution in [0, 0.1) is 0 Å². The predicted molar refractivity (Wildman–Crippen MR) is 76.4 cm³/mol. The summed E-state index contributed by atoms with van der Waals surface area (Å²) in [6.45, 7) is 0. The highest BCUT2D eigenvalue weighted by Crippen LogP contribution is 2.40. The molecule has 1 N–H and O–H groups in total. The number of aromatic nitrogens is 1. The van der Waals surface area contributed by atoms with Gasteiger partial charge in [0.15, 0.2) is 0 Å². The summed E-state index contributed by atoms with van der Waals surface area (Å²) in [4.78, 5) is 4.78. The van der Waals surface area contributed by atoms with Crippen LogP contribution in [0.1, 0.15) is 17.7 Å². The molecular weight excluding hydrogens is 240 g/mol. The molecule has 1 aliphatic rings. The van der Waals surface area contributed by atoms with E-state index in [0.717, 1.165) is 40.9 Å². The molecule has 1 aromatic carbocycles. The summed E-state index contributed by atoms with van der Waals surface area (Å²) in [5.41, 5.74) is 4.61. The Bertz CT molecular complexity index is 638. The van der Waals surface area contributed by atoms with Crippen LogP contribution in [0.15, 0.2) is 12.1 Å². The first-order chi connectivity index (χ1) is 9.28. The van der Waals surface area contributed by atoms with Crippen LogP contribution < -0.4 is 14.8 Å². The van der Waals surface area contributed by atoms with E-state index in [1.165, 1.54) is 17.7 Å². The number of nitrogens with zero attached hydrogens (tertiary/aromatic N) is 1. The zero-order chi connectivity index (χ0) is 13.4. The van der Waals surface area contributed by atoms with E-state index >= 15 is 0 Å². The minimum absolute atomic E-state index is 0.775. The van der Waals surface area contributed by atoms with Gasteiger partial charge >= 0.3 is 0 Å². The fraction of sp³-hybridized carbons (Fsp3) is 0.400. The first kappa shape index (κ1) is 12.1. The van der Waals surface area contributed by atoms with Gasteiger partial charge in [-0.3, -0.25) is 4.98 Å². The van der Waals surface area contributed by atoms with Crippen LogP contribution in [0.5, 0.6) is 11.5 Å². The second kappa shape index (κ2) is 4.61. The molecule has 0 fully saturated rings. The Labute approximate surface area is 112 Å². The molecule has 1 aliphatic carbocycles. The minimum atomic E-state index is 0.775. The average molecular weight is 258 g/mol. The zero-order valence-electron chi connectivity index (χ0n) is 11.5. The van der Waals surface area contributed by atoms with E-state index in [1.807, 2.05) is 19.2 Å². The van der Waals surface area contributed by atoms with Gasteiger partial charge in [-0.2, -0.15) is 0 Å². The van der Waals surface area contributed by atoms with Gasteiger partial charge in [-0.05, 0) is 24.8 Å². The number of nitrogens with one attached hydrogen (secondary N) is 1. The van der Waals surface area contributed by atoms with Crippen molar-refractivity contribution >= 4 is 16.6 Å².